The molecule has 0 aliphatic heterocycles. The minimum absolute atomic E-state index is 0.126. The van der Waals surface area contributed by atoms with E-state index in [1.54, 1.807) is 5.57 Å². The Balaban J connectivity index is 1.73. The average molecular weight is 320 g/mol. The molecule has 0 aromatic rings. The van der Waals surface area contributed by atoms with Crippen molar-refractivity contribution in [1.82, 2.24) is 0 Å². The van der Waals surface area contributed by atoms with E-state index in [1.165, 1.54) is 25.7 Å². The number of rotatable bonds is 8. The van der Waals surface area contributed by atoms with E-state index in [2.05, 4.69) is 32.1 Å². The Labute approximate surface area is 140 Å². The van der Waals surface area contributed by atoms with Crippen molar-refractivity contribution in [2.75, 3.05) is 0 Å². The molecule has 0 bridgehead atoms. The number of hydrogen-bond acceptors (Lipinski definition) is 2. The van der Waals surface area contributed by atoms with Crippen LogP contribution in [0.25, 0.3) is 0 Å². The largest absolute Gasteiger partial charge is 0.481 e. The van der Waals surface area contributed by atoms with Crippen LogP contribution in [-0.2, 0) is 4.79 Å². The lowest BCUT2D eigenvalue weighted by Gasteiger charge is -2.38. The molecule has 0 aromatic carbocycles. The van der Waals surface area contributed by atoms with E-state index >= 15 is 0 Å². The van der Waals surface area contributed by atoms with E-state index < -0.39 is 12.1 Å². The SMILES string of the molecule is C[C@H]1C=C2C=C[C@H](C)[C@H](CCCCC[C@H](O)CC(=O)O)C2CC1. The lowest BCUT2D eigenvalue weighted by Crippen LogP contribution is -2.28. The summed E-state index contributed by atoms with van der Waals surface area (Å²) in [5.41, 5.74) is 1.56. The normalized spacial score (nSPS) is 31.3. The summed E-state index contributed by atoms with van der Waals surface area (Å²) in [6.45, 7) is 4.65. The van der Waals surface area contributed by atoms with Gasteiger partial charge in [0, 0.05) is 0 Å². The van der Waals surface area contributed by atoms with Crippen molar-refractivity contribution in [1.29, 1.82) is 0 Å². The molecule has 0 aromatic heterocycles. The number of carbonyl (C=O) groups is 1. The minimum atomic E-state index is -0.911. The zero-order valence-corrected chi connectivity index (χ0v) is 14.6. The molecule has 2 rings (SSSR count). The Morgan fingerprint density at radius 3 is 2.78 bits per heavy atom. The zero-order valence-electron chi connectivity index (χ0n) is 14.6. The molecule has 2 N–H and O–H groups in total. The van der Waals surface area contributed by atoms with Gasteiger partial charge in [-0.05, 0) is 54.9 Å². The molecule has 1 unspecified atom stereocenters. The molecule has 2 aliphatic carbocycles. The second-order valence-corrected chi connectivity index (χ2v) is 7.60. The smallest absolute Gasteiger partial charge is 0.305 e. The number of aliphatic carboxylic acids is 1. The second-order valence-electron chi connectivity index (χ2n) is 7.60. The minimum Gasteiger partial charge on any atom is -0.481 e. The first-order chi connectivity index (χ1) is 11.0. The summed E-state index contributed by atoms with van der Waals surface area (Å²) in [4.78, 5) is 10.5. The number of aliphatic hydroxyl groups is 1. The lowest BCUT2D eigenvalue weighted by molar-refractivity contribution is -0.139. The van der Waals surface area contributed by atoms with Crippen molar-refractivity contribution in [2.24, 2.45) is 23.7 Å². The summed E-state index contributed by atoms with van der Waals surface area (Å²) in [5, 5.41) is 18.2. The average Bonchev–Trinajstić information content (AvgIpc) is 2.48. The van der Waals surface area contributed by atoms with Crippen LogP contribution >= 0.6 is 0 Å². The van der Waals surface area contributed by atoms with E-state index in [0.717, 1.165) is 30.6 Å². The summed E-state index contributed by atoms with van der Waals surface area (Å²) in [5.74, 6) is 1.96. The van der Waals surface area contributed by atoms with Gasteiger partial charge < -0.3 is 10.2 Å². The zero-order chi connectivity index (χ0) is 16.8. The standard InChI is InChI=1S/C20H32O3/c1-14-8-11-19-16(12-14)10-9-15(2)18(19)7-5-3-4-6-17(21)13-20(22)23/h9-10,12,14-15,17-19,21H,3-8,11,13H2,1-2H3,(H,22,23)/t14-,15+,17+,18+,19?/m1/s1. The van der Waals surface area contributed by atoms with E-state index in [9.17, 15) is 9.90 Å². The highest BCUT2D eigenvalue weighted by Crippen LogP contribution is 2.43. The first-order valence-corrected chi connectivity index (χ1v) is 9.27. The van der Waals surface area contributed by atoms with Crippen molar-refractivity contribution in [3.63, 3.8) is 0 Å². The van der Waals surface area contributed by atoms with Crippen LogP contribution in [0.2, 0.25) is 0 Å². The number of allylic oxidation sites excluding steroid dienone is 4. The predicted octanol–water partition coefficient (Wildman–Crippen LogP) is 4.57. The Bertz CT molecular complexity index is 452. The fourth-order valence-electron chi connectivity index (χ4n) is 4.26. The highest BCUT2D eigenvalue weighted by molar-refractivity contribution is 5.67. The van der Waals surface area contributed by atoms with Gasteiger partial charge in [0.05, 0.1) is 12.5 Å². The van der Waals surface area contributed by atoms with Crippen LogP contribution in [0.1, 0.15) is 65.2 Å². The van der Waals surface area contributed by atoms with Crippen LogP contribution in [0.5, 0.6) is 0 Å². The molecule has 0 spiro atoms. The fourth-order valence-corrected chi connectivity index (χ4v) is 4.26. The molecule has 0 amide bonds. The topological polar surface area (TPSA) is 57.5 Å². The molecule has 2 aliphatic rings. The maximum Gasteiger partial charge on any atom is 0.305 e. The van der Waals surface area contributed by atoms with Crippen LogP contribution in [0.3, 0.4) is 0 Å². The van der Waals surface area contributed by atoms with Gasteiger partial charge in [0.1, 0.15) is 0 Å². The monoisotopic (exact) mass is 320 g/mol. The summed E-state index contributed by atoms with van der Waals surface area (Å²) < 4.78 is 0. The lowest BCUT2D eigenvalue weighted by atomic mass is 9.67. The molecular weight excluding hydrogens is 288 g/mol. The van der Waals surface area contributed by atoms with Crippen molar-refractivity contribution in [2.45, 2.75) is 71.3 Å². The molecule has 130 valence electrons. The van der Waals surface area contributed by atoms with E-state index in [4.69, 9.17) is 5.11 Å². The van der Waals surface area contributed by atoms with Gasteiger partial charge in [-0.2, -0.15) is 0 Å². The fraction of sp³-hybridized carbons (Fsp3) is 0.750. The van der Waals surface area contributed by atoms with Crippen molar-refractivity contribution in [3.05, 3.63) is 23.8 Å². The highest BCUT2D eigenvalue weighted by atomic mass is 16.4. The molecule has 0 saturated heterocycles. The quantitative estimate of drug-likeness (QED) is 0.644. The van der Waals surface area contributed by atoms with Gasteiger partial charge in [0.25, 0.3) is 0 Å². The molecule has 0 heterocycles. The van der Waals surface area contributed by atoms with Gasteiger partial charge in [0.2, 0.25) is 0 Å². The van der Waals surface area contributed by atoms with E-state index in [1.807, 2.05) is 0 Å². The summed E-state index contributed by atoms with van der Waals surface area (Å²) in [7, 11) is 0. The van der Waals surface area contributed by atoms with E-state index in [-0.39, 0.29) is 6.42 Å². The van der Waals surface area contributed by atoms with Crippen LogP contribution in [0, 0.1) is 23.7 Å². The maximum atomic E-state index is 10.5. The van der Waals surface area contributed by atoms with Gasteiger partial charge >= 0.3 is 5.97 Å². The van der Waals surface area contributed by atoms with Gasteiger partial charge in [-0.25, -0.2) is 0 Å². The predicted molar refractivity (Wildman–Crippen MR) is 93.1 cm³/mol. The highest BCUT2D eigenvalue weighted by Gasteiger charge is 2.32. The summed E-state index contributed by atoms with van der Waals surface area (Å²) in [6, 6.07) is 0. The Morgan fingerprint density at radius 1 is 1.26 bits per heavy atom. The third-order valence-corrected chi connectivity index (χ3v) is 5.61. The van der Waals surface area contributed by atoms with Crippen LogP contribution in [0.15, 0.2) is 23.8 Å². The van der Waals surface area contributed by atoms with Crippen molar-refractivity contribution in [3.8, 4) is 0 Å². The molecule has 23 heavy (non-hydrogen) atoms. The molecule has 3 heteroatoms. The van der Waals surface area contributed by atoms with Gasteiger partial charge in [-0.1, -0.05) is 51.3 Å². The Kier molecular flexibility index (Phi) is 6.88. The molecule has 0 fully saturated rings. The first-order valence-electron chi connectivity index (χ1n) is 9.27. The summed E-state index contributed by atoms with van der Waals surface area (Å²) >= 11 is 0. The molecule has 3 nitrogen and oxygen atoms in total. The van der Waals surface area contributed by atoms with Crippen LogP contribution < -0.4 is 0 Å². The molecule has 0 radical (unpaired) electrons. The van der Waals surface area contributed by atoms with E-state index in [0.29, 0.717) is 12.3 Å². The van der Waals surface area contributed by atoms with Gasteiger partial charge in [-0.15, -0.1) is 0 Å². The molecule has 0 saturated carbocycles. The van der Waals surface area contributed by atoms with Gasteiger partial charge in [0.15, 0.2) is 0 Å². The summed E-state index contributed by atoms with van der Waals surface area (Å²) in [6.07, 6.45) is 14.1. The van der Waals surface area contributed by atoms with Crippen molar-refractivity contribution >= 4 is 5.97 Å². The number of carboxylic acids is 1. The molecular formula is C20H32O3. The van der Waals surface area contributed by atoms with Crippen LogP contribution in [0.4, 0.5) is 0 Å². The number of fused-ring (bicyclic) bond motifs is 1. The third kappa shape index (κ3) is 5.49. The van der Waals surface area contributed by atoms with Crippen molar-refractivity contribution < 1.29 is 15.0 Å². The van der Waals surface area contributed by atoms with Gasteiger partial charge in [-0.3, -0.25) is 4.79 Å². The number of carboxylic acid groups (broad SMARTS) is 1. The van der Waals surface area contributed by atoms with Crippen LogP contribution in [-0.4, -0.2) is 22.3 Å². The number of hydrogen-bond donors (Lipinski definition) is 2. The maximum absolute atomic E-state index is 10.5. The second kappa shape index (κ2) is 8.68. The number of unbranched alkanes of at least 4 members (excludes halogenated alkanes) is 2. The number of aliphatic hydroxyl groups excluding tert-OH is 1. The third-order valence-electron chi connectivity index (χ3n) is 5.61. The first kappa shape index (κ1) is 18.3. The molecule has 5 atom stereocenters. The Hall–Kier alpha value is -1.09. The Morgan fingerprint density at radius 2 is 2.04 bits per heavy atom.